The third kappa shape index (κ3) is 4.95. The van der Waals surface area contributed by atoms with E-state index in [1.54, 1.807) is 4.57 Å². The number of hydrogen-bond donors (Lipinski definition) is 3. The number of imidazole rings is 2. The molecule has 4 aromatic heterocycles. The van der Waals surface area contributed by atoms with Crippen LogP contribution in [-0.2, 0) is 36.7 Å². The van der Waals surface area contributed by atoms with Gasteiger partial charge in [-0.05, 0) is 0 Å². The molecule has 18 nitrogen and oxygen atoms in total. The average Bonchev–Trinajstić information content (AvgIpc) is 3.72. The molecule has 7 heterocycles. The summed E-state index contributed by atoms with van der Waals surface area (Å²) in [6, 6.07) is 0. The normalized spacial score (nSPS) is 36.0. The highest BCUT2D eigenvalue weighted by Gasteiger charge is 2.51. The summed E-state index contributed by atoms with van der Waals surface area (Å²) in [6.45, 7) is -5.00. The number of nitrogens with zero attached hydrogens (tertiary/aromatic N) is 8. The molecule has 3 saturated heterocycles. The quantitative estimate of drug-likeness (QED) is 0.208. The van der Waals surface area contributed by atoms with Gasteiger partial charge in [0.05, 0.1) is 32.0 Å². The zero-order valence-electron chi connectivity index (χ0n) is 21.2. The molecule has 0 radical (unpaired) electrons. The van der Waals surface area contributed by atoms with Crippen LogP contribution < -0.4 is 11.5 Å². The van der Waals surface area contributed by atoms with Crippen molar-refractivity contribution in [1.82, 2.24) is 39.0 Å². The van der Waals surface area contributed by atoms with Gasteiger partial charge in [0.25, 0.3) is 0 Å². The van der Waals surface area contributed by atoms with E-state index in [0.717, 1.165) is 0 Å². The first-order chi connectivity index (χ1) is 20.2. The highest BCUT2D eigenvalue weighted by atomic mass is 32.7. The third-order valence-corrected chi connectivity index (χ3v) is 9.59. The Balaban J connectivity index is 1.12. The fraction of sp³-hybridized carbons (Fsp3) is 0.500. The second-order valence-corrected chi connectivity index (χ2v) is 13.5. The van der Waals surface area contributed by atoms with Crippen LogP contribution >= 0.6 is 27.3 Å². The topological polar surface area (TPSA) is 229 Å². The molecule has 0 amide bonds. The van der Waals surface area contributed by atoms with Crippen molar-refractivity contribution in [2.75, 3.05) is 24.7 Å². The lowest BCUT2D eigenvalue weighted by Gasteiger charge is -2.26. The Kier molecular flexibility index (Phi) is 7.15. The van der Waals surface area contributed by atoms with E-state index in [1.807, 2.05) is 0 Å². The number of fused-ring (bicyclic) bond motifs is 4. The van der Waals surface area contributed by atoms with Gasteiger partial charge in [0.15, 0.2) is 35.3 Å². The number of anilines is 2. The summed E-state index contributed by atoms with van der Waals surface area (Å²) >= 11 is 4.06. The van der Waals surface area contributed by atoms with Crippen LogP contribution in [0.2, 0.25) is 0 Å². The molecule has 7 rings (SSSR count). The predicted molar refractivity (Wildman–Crippen MR) is 144 cm³/mol. The van der Waals surface area contributed by atoms with E-state index in [4.69, 9.17) is 39.0 Å². The molecule has 9 atom stereocenters. The lowest BCUT2D eigenvalue weighted by molar-refractivity contribution is -0.0534. The molecule has 0 spiro atoms. The lowest BCUT2D eigenvalue weighted by Crippen LogP contribution is -2.34. The van der Waals surface area contributed by atoms with E-state index in [0.29, 0.717) is 11.2 Å². The van der Waals surface area contributed by atoms with Crippen LogP contribution in [0.25, 0.3) is 22.3 Å². The van der Waals surface area contributed by atoms with Gasteiger partial charge in [0, 0.05) is 6.42 Å². The molecule has 0 saturated carbocycles. The van der Waals surface area contributed by atoms with Crippen molar-refractivity contribution < 1.29 is 41.1 Å². The summed E-state index contributed by atoms with van der Waals surface area (Å²) in [7, 11) is -3.16. The number of rotatable bonds is 2. The third-order valence-electron chi connectivity index (χ3n) is 7.08. The maximum Gasteiger partial charge on any atom is 0.386 e. The van der Waals surface area contributed by atoms with Crippen LogP contribution in [0.4, 0.5) is 16.0 Å². The molecule has 3 aliphatic heterocycles. The number of nitrogen functional groups attached to an aromatic ring is 2. The van der Waals surface area contributed by atoms with Gasteiger partial charge in [-0.15, -0.1) is 0 Å². The number of halogens is 1. The molecule has 1 unspecified atom stereocenters. The number of thiol groups is 1. The molecular weight excluding hydrogens is 621 g/mol. The number of nitrogens with two attached hydrogens (primary N) is 2. The molecular formula is C20H23FN10O8P2S. The summed E-state index contributed by atoms with van der Waals surface area (Å²) in [5.41, 5.74) is 12.9. The largest absolute Gasteiger partial charge is 0.386 e. The number of alkyl halides is 1. The zero-order valence-corrected chi connectivity index (χ0v) is 24.0. The Morgan fingerprint density at radius 3 is 2.31 bits per heavy atom. The molecule has 0 aliphatic carbocycles. The van der Waals surface area contributed by atoms with Crippen molar-refractivity contribution in [2.24, 2.45) is 0 Å². The molecule has 4 aromatic rings. The lowest BCUT2D eigenvalue weighted by atomic mass is 10.1. The fourth-order valence-electron chi connectivity index (χ4n) is 5.12. The molecule has 224 valence electrons. The average molecular weight is 644 g/mol. The first-order valence-corrected chi connectivity index (χ1v) is 16.4. The van der Waals surface area contributed by atoms with Crippen molar-refractivity contribution in [3.05, 3.63) is 25.3 Å². The maximum absolute atomic E-state index is 15.9. The molecule has 4 N–H and O–H groups in total. The second kappa shape index (κ2) is 10.7. The Morgan fingerprint density at radius 1 is 0.929 bits per heavy atom. The SMILES string of the molecule is Nc1ncnc2c1ncn2[C@@H]1O[C@@H]2CO[PH](=O)O[C@H]3C[C@H](n4cnc5c(N)ncnc54)O[C@@H]3CO[P@@](=O)(S)O[C@H]2[C@H]1F. The van der Waals surface area contributed by atoms with Gasteiger partial charge in [0.1, 0.15) is 48.2 Å². The molecule has 3 fully saturated rings. The minimum absolute atomic E-state index is 0.0934. The van der Waals surface area contributed by atoms with Gasteiger partial charge in [-0.3, -0.25) is 22.7 Å². The zero-order chi connectivity index (χ0) is 29.2. The highest BCUT2D eigenvalue weighted by Crippen LogP contribution is 2.57. The minimum atomic E-state index is -4.21. The van der Waals surface area contributed by atoms with E-state index < -0.39 is 64.7 Å². The maximum atomic E-state index is 15.9. The van der Waals surface area contributed by atoms with Crippen molar-refractivity contribution in [1.29, 1.82) is 0 Å². The molecule has 42 heavy (non-hydrogen) atoms. The van der Waals surface area contributed by atoms with E-state index in [9.17, 15) is 9.13 Å². The number of hydrogen-bond acceptors (Lipinski definition) is 16. The summed E-state index contributed by atoms with van der Waals surface area (Å²) in [5, 5.41) is 0. The van der Waals surface area contributed by atoms with Gasteiger partial charge < -0.3 is 30.0 Å². The Morgan fingerprint density at radius 2 is 1.60 bits per heavy atom. The van der Waals surface area contributed by atoms with E-state index in [-0.39, 0.29) is 35.8 Å². The first kappa shape index (κ1) is 28.0. The Hall–Kier alpha value is -2.80. The van der Waals surface area contributed by atoms with Crippen LogP contribution in [0.1, 0.15) is 18.9 Å². The van der Waals surface area contributed by atoms with Crippen molar-refractivity contribution >= 4 is 61.3 Å². The summed E-state index contributed by atoms with van der Waals surface area (Å²) in [4.78, 5) is 24.5. The Bertz CT molecular complexity index is 1730. The molecule has 3 aliphatic rings. The van der Waals surface area contributed by atoms with Crippen LogP contribution in [0.3, 0.4) is 0 Å². The van der Waals surface area contributed by atoms with Gasteiger partial charge in [0.2, 0.25) is 0 Å². The van der Waals surface area contributed by atoms with E-state index in [1.165, 1.54) is 29.9 Å². The van der Waals surface area contributed by atoms with Gasteiger partial charge in [-0.25, -0.2) is 38.9 Å². The second-order valence-electron chi connectivity index (χ2n) is 9.59. The van der Waals surface area contributed by atoms with Crippen LogP contribution in [-0.4, -0.2) is 82.8 Å². The van der Waals surface area contributed by atoms with Gasteiger partial charge >= 0.3 is 15.1 Å². The number of ether oxygens (including phenoxy) is 2. The molecule has 0 bridgehead atoms. The monoisotopic (exact) mass is 644 g/mol. The summed E-state index contributed by atoms with van der Waals surface area (Å²) < 4.78 is 79.1. The Labute approximate surface area is 240 Å². The van der Waals surface area contributed by atoms with Crippen LogP contribution in [0, 0.1) is 0 Å². The van der Waals surface area contributed by atoms with Crippen molar-refractivity contribution in [3.8, 4) is 0 Å². The fourth-order valence-corrected chi connectivity index (χ4v) is 7.47. The van der Waals surface area contributed by atoms with Crippen molar-refractivity contribution in [3.63, 3.8) is 0 Å². The summed E-state index contributed by atoms with van der Waals surface area (Å²) in [5.74, 6) is 0.283. The highest BCUT2D eigenvalue weighted by molar-refractivity contribution is 8.44. The van der Waals surface area contributed by atoms with Gasteiger partial charge in [-0.2, -0.15) is 0 Å². The standard InChI is InChI=1S/C20H23FN10O8P2S/c21-12-15-10(37-20(12)31-7-29-14-17(23)25-5-27-19(14)31)2-34-40(32)38-8-1-11(36-9(8)3-35-41(33,42)39-15)30-6-28-13-16(22)24-4-26-18(13)30/h4-12,15,20,40H,1-3H2,(H,33,42)(H2,22,24,26)(H2,23,25,27)/t8-,9+,10+,11+,12+,15+,20+,41+/m0/s1. The van der Waals surface area contributed by atoms with E-state index >= 15 is 4.39 Å². The molecule has 0 aromatic carbocycles. The smallest absolute Gasteiger partial charge is 0.382 e. The number of aromatic nitrogens is 8. The van der Waals surface area contributed by atoms with Crippen molar-refractivity contribution in [2.45, 2.75) is 49.5 Å². The van der Waals surface area contributed by atoms with Crippen LogP contribution in [0.5, 0.6) is 0 Å². The predicted octanol–water partition coefficient (Wildman–Crippen LogP) is 1.60. The van der Waals surface area contributed by atoms with Crippen LogP contribution in [0.15, 0.2) is 25.3 Å². The minimum Gasteiger partial charge on any atom is -0.382 e. The van der Waals surface area contributed by atoms with E-state index in [2.05, 4.69) is 42.2 Å². The van der Waals surface area contributed by atoms with Gasteiger partial charge in [-0.1, -0.05) is 12.2 Å². The first-order valence-electron chi connectivity index (χ1n) is 12.5. The molecule has 22 heteroatoms. The summed E-state index contributed by atoms with van der Waals surface area (Å²) in [6.07, 6.45) is -2.94.